The molecule has 1 aromatic carbocycles. The van der Waals surface area contributed by atoms with E-state index < -0.39 is 5.91 Å². The summed E-state index contributed by atoms with van der Waals surface area (Å²) in [4.78, 5) is 45.5. The van der Waals surface area contributed by atoms with Crippen molar-refractivity contribution >= 4 is 29.2 Å². The number of benzene rings is 1. The molecule has 1 saturated heterocycles. The molecule has 1 aromatic heterocycles. The van der Waals surface area contributed by atoms with Crippen LogP contribution in [0, 0.1) is 12.8 Å². The number of aromatic nitrogens is 1. The van der Waals surface area contributed by atoms with Crippen molar-refractivity contribution in [3.8, 4) is 0 Å². The summed E-state index contributed by atoms with van der Waals surface area (Å²) in [6.45, 7) is 4.05. The van der Waals surface area contributed by atoms with E-state index in [9.17, 15) is 14.4 Å². The molecular formula is C24H29N5O3. The van der Waals surface area contributed by atoms with Crippen molar-refractivity contribution in [2.75, 3.05) is 36.4 Å². The van der Waals surface area contributed by atoms with Gasteiger partial charge >= 0.3 is 0 Å². The molecule has 2 aliphatic rings. The summed E-state index contributed by atoms with van der Waals surface area (Å²) in [5.74, 6) is 0.0816. The Balaban J connectivity index is 1.42. The number of amides is 3. The van der Waals surface area contributed by atoms with Crippen molar-refractivity contribution < 1.29 is 14.4 Å². The summed E-state index contributed by atoms with van der Waals surface area (Å²) < 4.78 is 0. The molecule has 8 nitrogen and oxygen atoms in total. The largest absolute Gasteiger partial charge is 0.365 e. The van der Waals surface area contributed by atoms with Crippen LogP contribution in [-0.2, 0) is 4.79 Å². The van der Waals surface area contributed by atoms with E-state index in [4.69, 9.17) is 5.73 Å². The number of carbonyl (C=O) groups excluding carboxylic acids is 3. The van der Waals surface area contributed by atoms with Gasteiger partial charge in [-0.2, -0.15) is 0 Å². The number of carbonyl (C=O) groups is 3. The van der Waals surface area contributed by atoms with Crippen LogP contribution in [-0.4, -0.2) is 53.8 Å². The predicted molar refractivity (Wildman–Crippen MR) is 123 cm³/mol. The molecule has 1 saturated carbocycles. The molecular weight excluding hydrogens is 406 g/mol. The highest BCUT2D eigenvalue weighted by Crippen LogP contribution is 2.27. The SMILES string of the molecule is Cc1ccc(C(=O)N2CCN(c3ncccc3C(N)=O)CC2)cc1NC(=O)C1CCCC1. The quantitative estimate of drug-likeness (QED) is 0.750. The first-order chi connectivity index (χ1) is 15.4. The molecule has 0 unspecified atom stereocenters. The summed E-state index contributed by atoms with van der Waals surface area (Å²) in [7, 11) is 0. The summed E-state index contributed by atoms with van der Waals surface area (Å²) in [6.07, 6.45) is 5.69. The fourth-order valence-corrected chi connectivity index (χ4v) is 4.46. The zero-order valence-electron chi connectivity index (χ0n) is 18.3. The van der Waals surface area contributed by atoms with Gasteiger partial charge in [-0.25, -0.2) is 4.98 Å². The molecule has 168 valence electrons. The first kappa shape index (κ1) is 21.8. The Morgan fingerprint density at radius 3 is 2.47 bits per heavy atom. The third-order valence-electron chi connectivity index (χ3n) is 6.39. The Labute approximate surface area is 187 Å². The number of piperazine rings is 1. The van der Waals surface area contributed by atoms with Gasteiger partial charge in [-0.3, -0.25) is 14.4 Å². The fraction of sp³-hybridized carbons (Fsp3) is 0.417. The third kappa shape index (κ3) is 4.59. The van der Waals surface area contributed by atoms with Gasteiger partial charge in [0, 0.05) is 49.5 Å². The van der Waals surface area contributed by atoms with E-state index in [1.807, 2.05) is 17.9 Å². The number of nitrogens with two attached hydrogens (primary N) is 1. The second-order valence-electron chi connectivity index (χ2n) is 8.52. The topological polar surface area (TPSA) is 109 Å². The van der Waals surface area contributed by atoms with Gasteiger partial charge in [-0.1, -0.05) is 18.9 Å². The Morgan fingerprint density at radius 2 is 1.78 bits per heavy atom. The molecule has 4 rings (SSSR count). The smallest absolute Gasteiger partial charge is 0.254 e. The van der Waals surface area contributed by atoms with E-state index in [0.29, 0.717) is 48.8 Å². The van der Waals surface area contributed by atoms with E-state index in [1.54, 1.807) is 35.4 Å². The number of pyridine rings is 1. The van der Waals surface area contributed by atoms with Crippen LogP contribution in [0.2, 0.25) is 0 Å². The lowest BCUT2D eigenvalue weighted by Crippen LogP contribution is -2.49. The molecule has 0 atom stereocenters. The molecule has 2 heterocycles. The van der Waals surface area contributed by atoms with Gasteiger partial charge in [0.25, 0.3) is 11.8 Å². The van der Waals surface area contributed by atoms with Gasteiger partial charge in [0.05, 0.1) is 5.56 Å². The van der Waals surface area contributed by atoms with Crippen molar-refractivity contribution in [1.82, 2.24) is 9.88 Å². The summed E-state index contributed by atoms with van der Waals surface area (Å²) in [5, 5.41) is 3.03. The first-order valence-corrected chi connectivity index (χ1v) is 11.1. The lowest BCUT2D eigenvalue weighted by atomic mass is 10.1. The van der Waals surface area contributed by atoms with E-state index in [-0.39, 0.29) is 17.7 Å². The molecule has 0 spiro atoms. The average molecular weight is 436 g/mol. The maximum atomic E-state index is 13.1. The molecule has 0 bridgehead atoms. The Hall–Kier alpha value is -3.42. The maximum absolute atomic E-state index is 13.1. The Bertz CT molecular complexity index is 1020. The predicted octanol–water partition coefficient (Wildman–Crippen LogP) is 2.58. The minimum Gasteiger partial charge on any atom is -0.365 e. The van der Waals surface area contributed by atoms with Crippen LogP contribution in [0.25, 0.3) is 0 Å². The van der Waals surface area contributed by atoms with E-state index in [2.05, 4.69) is 10.3 Å². The number of rotatable bonds is 5. The second-order valence-corrected chi connectivity index (χ2v) is 8.52. The fourth-order valence-electron chi connectivity index (χ4n) is 4.46. The zero-order chi connectivity index (χ0) is 22.7. The van der Waals surface area contributed by atoms with E-state index in [1.165, 1.54) is 0 Å². The van der Waals surface area contributed by atoms with Gasteiger partial charge in [-0.05, 0) is 49.6 Å². The first-order valence-electron chi connectivity index (χ1n) is 11.1. The molecule has 1 aliphatic heterocycles. The number of nitrogens with one attached hydrogen (secondary N) is 1. The summed E-state index contributed by atoms with van der Waals surface area (Å²) in [6, 6.07) is 8.81. The van der Waals surface area contributed by atoms with Gasteiger partial charge in [0.2, 0.25) is 5.91 Å². The van der Waals surface area contributed by atoms with Crippen LogP contribution >= 0.6 is 0 Å². The lowest BCUT2D eigenvalue weighted by molar-refractivity contribution is -0.119. The van der Waals surface area contributed by atoms with Crippen molar-refractivity contribution in [2.45, 2.75) is 32.6 Å². The van der Waals surface area contributed by atoms with Crippen molar-refractivity contribution in [1.29, 1.82) is 0 Å². The summed E-state index contributed by atoms with van der Waals surface area (Å²) >= 11 is 0. The second kappa shape index (κ2) is 9.38. The van der Waals surface area contributed by atoms with Crippen LogP contribution in [0.15, 0.2) is 36.5 Å². The monoisotopic (exact) mass is 435 g/mol. The van der Waals surface area contributed by atoms with Gasteiger partial charge < -0.3 is 20.9 Å². The molecule has 32 heavy (non-hydrogen) atoms. The number of primary amides is 1. The Morgan fingerprint density at radius 1 is 1.06 bits per heavy atom. The highest BCUT2D eigenvalue weighted by Gasteiger charge is 2.26. The molecule has 2 aromatic rings. The van der Waals surface area contributed by atoms with Crippen LogP contribution < -0.4 is 16.0 Å². The van der Waals surface area contributed by atoms with Crippen molar-refractivity contribution in [2.24, 2.45) is 11.7 Å². The van der Waals surface area contributed by atoms with Gasteiger partial charge in [-0.15, -0.1) is 0 Å². The Kier molecular flexibility index (Phi) is 6.39. The number of nitrogens with zero attached hydrogens (tertiary/aromatic N) is 3. The van der Waals surface area contributed by atoms with Crippen LogP contribution in [0.5, 0.6) is 0 Å². The van der Waals surface area contributed by atoms with E-state index in [0.717, 1.165) is 31.2 Å². The molecule has 0 radical (unpaired) electrons. The number of hydrogen-bond donors (Lipinski definition) is 2. The lowest BCUT2D eigenvalue weighted by Gasteiger charge is -2.36. The third-order valence-corrected chi connectivity index (χ3v) is 6.39. The van der Waals surface area contributed by atoms with E-state index >= 15 is 0 Å². The maximum Gasteiger partial charge on any atom is 0.254 e. The standard InChI is InChI=1S/C24H29N5O3/c1-16-8-9-18(15-20(16)27-23(31)17-5-2-3-6-17)24(32)29-13-11-28(12-14-29)22-19(21(25)30)7-4-10-26-22/h4,7-10,15,17H,2-3,5-6,11-14H2,1H3,(H2,25,30)(H,27,31). The molecule has 3 amide bonds. The normalized spacial score (nSPS) is 16.8. The van der Waals surface area contributed by atoms with Gasteiger partial charge in [0.15, 0.2) is 0 Å². The molecule has 8 heteroatoms. The van der Waals surface area contributed by atoms with Gasteiger partial charge in [0.1, 0.15) is 5.82 Å². The summed E-state index contributed by atoms with van der Waals surface area (Å²) in [5.41, 5.74) is 8.05. The number of aryl methyl sites for hydroxylation is 1. The highest BCUT2D eigenvalue weighted by atomic mass is 16.2. The zero-order valence-corrected chi connectivity index (χ0v) is 18.3. The van der Waals surface area contributed by atoms with Crippen LogP contribution in [0.1, 0.15) is 52.0 Å². The minimum absolute atomic E-state index is 0.0458. The van der Waals surface area contributed by atoms with Crippen LogP contribution in [0.3, 0.4) is 0 Å². The average Bonchev–Trinajstić information content (AvgIpc) is 3.35. The van der Waals surface area contributed by atoms with Crippen molar-refractivity contribution in [3.05, 3.63) is 53.2 Å². The number of anilines is 2. The molecule has 3 N–H and O–H groups in total. The highest BCUT2D eigenvalue weighted by molar-refractivity contribution is 5.99. The molecule has 2 fully saturated rings. The minimum atomic E-state index is -0.515. The van der Waals surface area contributed by atoms with Crippen molar-refractivity contribution in [3.63, 3.8) is 0 Å². The van der Waals surface area contributed by atoms with Crippen LogP contribution in [0.4, 0.5) is 11.5 Å². The number of hydrogen-bond acceptors (Lipinski definition) is 5. The molecule has 1 aliphatic carbocycles.